The van der Waals surface area contributed by atoms with Crippen LogP contribution in [0.15, 0.2) is 53.1 Å². The molecule has 3 aromatic heterocycles. The van der Waals surface area contributed by atoms with E-state index in [1.165, 1.54) is 0 Å². The Hall–Kier alpha value is -4.01. The number of hydrogen-bond donors (Lipinski definition) is 2. The monoisotopic (exact) mass is 362 g/mol. The molecule has 3 heterocycles. The Kier molecular flexibility index (Phi) is 4.09. The molecule has 4 N–H and O–H groups in total. The fourth-order valence-electron chi connectivity index (χ4n) is 2.62. The van der Waals surface area contributed by atoms with E-state index in [0.29, 0.717) is 27.9 Å². The fourth-order valence-corrected chi connectivity index (χ4v) is 2.62. The zero-order valence-corrected chi connectivity index (χ0v) is 14.0. The molecular weight excluding hydrogens is 348 g/mol. The van der Waals surface area contributed by atoms with Crippen LogP contribution in [0.1, 0.15) is 16.2 Å². The summed E-state index contributed by atoms with van der Waals surface area (Å²) in [5.41, 5.74) is 12.6. The lowest BCUT2D eigenvalue weighted by molar-refractivity contribution is 0.0464. The van der Waals surface area contributed by atoms with Gasteiger partial charge in [-0.05, 0) is 24.3 Å². The van der Waals surface area contributed by atoms with Crippen molar-refractivity contribution in [3.05, 3.63) is 60.1 Å². The van der Waals surface area contributed by atoms with Gasteiger partial charge in [0.15, 0.2) is 18.2 Å². The van der Waals surface area contributed by atoms with Gasteiger partial charge in [0, 0.05) is 5.39 Å². The highest BCUT2D eigenvalue weighted by Crippen LogP contribution is 2.25. The summed E-state index contributed by atoms with van der Waals surface area (Å²) in [7, 11) is 0. The van der Waals surface area contributed by atoms with Crippen LogP contribution in [-0.2, 0) is 11.3 Å². The SMILES string of the molecule is Nc1nc(N)nc(COC(=O)c2cc(-c3ccco3)nc3ccccc23)n1. The van der Waals surface area contributed by atoms with Crippen LogP contribution in [-0.4, -0.2) is 25.9 Å². The summed E-state index contributed by atoms with van der Waals surface area (Å²) >= 11 is 0. The van der Waals surface area contributed by atoms with E-state index in [1.807, 2.05) is 18.2 Å². The number of nitrogens with two attached hydrogens (primary N) is 2. The number of para-hydroxylation sites is 1. The topological polar surface area (TPSA) is 143 Å². The lowest BCUT2D eigenvalue weighted by atomic mass is 10.1. The highest BCUT2D eigenvalue weighted by atomic mass is 16.5. The molecule has 0 aliphatic heterocycles. The summed E-state index contributed by atoms with van der Waals surface area (Å²) in [6.45, 7) is -0.192. The number of carbonyl (C=O) groups excluding carboxylic acids is 1. The van der Waals surface area contributed by atoms with Gasteiger partial charge in [0.25, 0.3) is 0 Å². The number of rotatable bonds is 4. The Morgan fingerprint density at radius 2 is 1.78 bits per heavy atom. The first kappa shape index (κ1) is 16.5. The molecule has 4 rings (SSSR count). The number of carbonyl (C=O) groups is 1. The van der Waals surface area contributed by atoms with Gasteiger partial charge in [0.05, 0.1) is 17.3 Å². The largest absolute Gasteiger partial charge is 0.463 e. The summed E-state index contributed by atoms with van der Waals surface area (Å²) in [5, 5.41) is 0.660. The van der Waals surface area contributed by atoms with Crippen molar-refractivity contribution in [3.8, 4) is 11.5 Å². The second-order valence-electron chi connectivity index (χ2n) is 5.59. The Balaban J connectivity index is 1.68. The number of anilines is 2. The van der Waals surface area contributed by atoms with Gasteiger partial charge in [0.1, 0.15) is 5.69 Å². The van der Waals surface area contributed by atoms with E-state index < -0.39 is 5.97 Å². The maximum absolute atomic E-state index is 12.7. The number of hydrogen-bond acceptors (Lipinski definition) is 9. The van der Waals surface area contributed by atoms with Crippen LogP contribution in [0.25, 0.3) is 22.4 Å². The molecule has 0 unspecified atom stereocenters. The fraction of sp³-hybridized carbons (Fsp3) is 0.0556. The third-order valence-electron chi connectivity index (χ3n) is 3.76. The molecule has 9 heteroatoms. The van der Waals surface area contributed by atoms with Crippen LogP contribution >= 0.6 is 0 Å². The number of pyridine rings is 1. The average Bonchev–Trinajstić information content (AvgIpc) is 3.19. The Morgan fingerprint density at radius 3 is 2.52 bits per heavy atom. The predicted octanol–water partition coefficient (Wildman–Crippen LogP) is 2.20. The Bertz CT molecular complexity index is 1110. The number of nitrogen functional groups attached to an aromatic ring is 2. The lowest BCUT2D eigenvalue weighted by Crippen LogP contribution is -2.11. The van der Waals surface area contributed by atoms with Crippen molar-refractivity contribution in [2.24, 2.45) is 0 Å². The van der Waals surface area contributed by atoms with Crippen LogP contribution in [0.2, 0.25) is 0 Å². The van der Waals surface area contributed by atoms with Crippen LogP contribution in [0, 0.1) is 0 Å². The van der Waals surface area contributed by atoms with E-state index in [-0.39, 0.29) is 24.3 Å². The van der Waals surface area contributed by atoms with Gasteiger partial charge in [0.2, 0.25) is 11.9 Å². The first-order valence-electron chi connectivity index (χ1n) is 7.97. The molecule has 0 aliphatic carbocycles. The first-order chi connectivity index (χ1) is 13.1. The minimum Gasteiger partial charge on any atom is -0.463 e. The Morgan fingerprint density at radius 1 is 1.00 bits per heavy atom. The van der Waals surface area contributed by atoms with Crippen molar-refractivity contribution in [1.82, 2.24) is 19.9 Å². The summed E-state index contributed by atoms with van der Waals surface area (Å²) in [6.07, 6.45) is 1.54. The number of fused-ring (bicyclic) bond motifs is 1. The predicted molar refractivity (Wildman–Crippen MR) is 97.2 cm³/mol. The first-order valence-corrected chi connectivity index (χ1v) is 7.97. The normalized spacial score (nSPS) is 10.8. The van der Waals surface area contributed by atoms with E-state index in [1.54, 1.807) is 30.5 Å². The smallest absolute Gasteiger partial charge is 0.339 e. The summed E-state index contributed by atoms with van der Waals surface area (Å²) in [5.74, 6) is 0.0794. The maximum Gasteiger partial charge on any atom is 0.339 e. The molecular formula is C18H14N6O3. The van der Waals surface area contributed by atoms with Gasteiger partial charge in [-0.2, -0.15) is 15.0 Å². The van der Waals surface area contributed by atoms with Crippen molar-refractivity contribution in [2.45, 2.75) is 6.61 Å². The van der Waals surface area contributed by atoms with Gasteiger partial charge in [-0.15, -0.1) is 0 Å². The molecule has 0 spiro atoms. The molecule has 9 nitrogen and oxygen atoms in total. The molecule has 0 saturated heterocycles. The third kappa shape index (κ3) is 3.38. The number of furan rings is 1. The minimum atomic E-state index is -0.557. The van der Waals surface area contributed by atoms with E-state index in [2.05, 4.69) is 19.9 Å². The van der Waals surface area contributed by atoms with Crippen molar-refractivity contribution in [3.63, 3.8) is 0 Å². The number of ether oxygens (including phenoxy) is 1. The molecule has 27 heavy (non-hydrogen) atoms. The molecule has 0 aliphatic rings. The zero-order valence-electron chi connectivity index (χ0n) is 14.0. The molecule has 0 atom stereocenters. The molecule has 0 fully saturated rings. The average molecular weight is 362 g/mol. The van der Waals surface area contributed by atoms with Crippen LogP contribution in [0.3, 0.4) is 0 Å². The standard InChI is InChI=1S/C18H14N6O3/c19-17-22-15(23-18(20)24-17)9-27-16(25)11-8-13(14-6-3-7-26-14)21-12-5-2-1-4-10(11)12/h1-8H,9H2,(H4,19,20,22,23,24). The number of aromatic nitrogens is 4. The van der Waals surface area contributed by atoms with E-state index in [0.717, 1.165) is 0 Å². The molecule has 0 bridgehead atoms. The summed E-state index contributed by atoms with van der Waals surface area (Å²) in [6, 6.07) is 12.4. The van der Waals surface area contributed by atoms with Crippen molar-refractivity contribution >= 4 is 28.8 Å². The van der Waals surface area contributed by atoms with Crippen LogP contribution in [0.5, 0.6) is 0 Å². The number of esters is 1. The van der Waals surface area contributed by atoms with Gasteiger partial charge < -0.3 is 20.6 Å². The molecule has 0 radical (unpaired) electrons. The molecule has 4 aromatic rings. The van der Waals surface area contributed by atoms with Gasteiger partial charge in [-0.3, -0.25) is 0 Å². The second kappa shape index (κ2) is 6.71. The van der Waals surface area contributed by atoms with Crippen molar-refractivity contribution in [1.29, 1.82) is 0 Å². The lowest BCUT2D eigenvalue weighted by Gasteiger charge is -2.09. The minimum absolute atomic E-state index is 0.0389. The molecule has 134 valence electrons. The van der Waals surface area contributed by atoms with Crippen LogP contribution < -0.4 is 11.5 Å². The highest BCUT2D eigenvalue weighted by molar-refractivity contribution is 6.04. The molecule has 0 amide bonds. The van der Waals surface area contributed by atoms with Gasteiger partial charge in [-0.1, -0.05) is 18.2 Å². The van der Waals surface area contributed by atoms with Crippen LogP contribution in [0.4, 0.5) is 11.9 Å². The summed E-state index contributed by atoms with van der Waals surface area (Å²) in [4.78, 5) is 28.7. The quantitative estimate of drug-likeness (QED) is 0.522. The van der Waals surface area contributed by atoms with Crippen molar-refractivity contribution < 1.29 is 13.9 Å². The highest BCUT2D eigenvalue weighted by Gasteiger charge is 2.17. The third-order valence-corrected chi connectivity index (χ3v) is 3.76. The summed E-state index contributed by atoms with van der Waals surface area (Å²) < 4.78 is 10.7. The van der Waals surface area contributed by atoms with Gasteiger partial charge >= 0.3 is 5.97 Å². The van der Waals surface area contributed by atoms with E-state index >= 15 is 0 Å². The van der Waals surface area contributed by atoms with Crippen molar-refractivity contribution in [2.75, 3.05) is 11.5 Å². The van der Waals surface area contributed by atoms with E-state index in [4.69, 9.17) is 20.6 Å². The van der Waals surface area contributed by atoms with Gasteiger partial charge in [-0.25, -0.2) is 9.78 Å². The number of benzene rings is 1. The molecule has 1 aromatic carbocycles. The molecule has 0 saturated carbocycles. The van der Waals surface area contributed by atoms with E-state index in [9.17, 15) is 4.79 Å². The maximum atomic E-state index is 12.7. The zero-order chi connectivity index (χ0) is 18.8. The Labute approximate surface area is 153 Å². The number of nitrogens with zero attached hydrogens (tertiary/aromatic N) is 4. The second-order valence-corrected chi connectivity index (χ2v) is 5.59.